The zero-order chi connectivity index (χ0) is 48.5. The van der Waals surface area contributed by atoms with Crippen LogP contribution in [0.2, 0.25) is 0 Å². The van der Waals surface area contributed by atoms with Gasteiger partial charge >= 0.3 is 5.97 Å². The van der Waals surface area contributed by atoms with Gasteiger partial charge in [-0.25, -0.2) is 4.79 Å². The Morgan fingerprint density at radius 1 is 0.836 bits per heavy atom. The molecule has 0 saturated heterocycles. The maximum atomic E-state index is 14.4. The summed E-state index contributed by atoms with van der Waals surface area (Å²) in [5.74, 6) is -5.10. The molecule has 16 heteroatoms. The van der Waals surface area contributed by atoms with Gasteiger partial charge in [-0.1, -0.05) is 81.8 Å². The van der Waals surface area contributed by atoms with Gasteiger partial charge in [-0.05, 0) is 98.7 Å². The summed E-state index contributed by atoms with van der Waals surface area (Å²) in [6, 6.07) is 15.0. The lowest BCUT2D eigenvalue weighted by atomic mass is 9.93. The van der Waals surface area contributed by atoms with Gasteiger partial charge in [-0.15, -0.1) is 0 Å². The van der Waals surface area contributed by atoms with Gasteiger partial charge < -0.3 is 47.2 Å². The number of benzene rings is 3. The van der Waals surface area contributed by atoms with E-state index in [2.05, 4.69) is 45.3 Å². The van der Waals surface area contributed by atoms with E-state index >= 15 is 0 Å². The van der Waals surface area contributed by atoms with Crippen LogP contribution in [0.4, 0.5) is 0 Å². The van der Waals surface area contributed by atoms with Gasteiger partial charge in [0.2, 0.25) is 23.6 Å². The summed E-state index contributed by atoms with van der Waals surface area (Å²) in [5.41, 5.74) is 9.84. The number of phenolic OH excluding ortho intramolecular Hbond substituents is 2. The van der Waals surface area contributed by atoms with Crippen LogP contribution in [0.1, 0.15) is 118 Å². The third kappa shape index (κ3) is 14.6. The van der Waals surface area contributed by atoms with Crippen molar-refractivity contribution in [1.29, 1.82) is 0 Å². The van der Waals surface area contributed by atoms with Crippen molar-refractivity contribution in [1.82, 2.24) is 31.2 Å². The molecule has 0 aliphatic carbocycles. The normalized spacial score (nSPS) is 16.4. The molecule has 0 unspecified atom stereocenters. The second kappa shape index (κ2) is 25.2. The number of carbonyl (C=O) groups excluding carboxylic acids is 5. The number of unbranched alkanes of at least 4 members (excludes halogenated alkanes) is 7. The second-order valence-corrected chi connectivity index (χ2v) is 17.2. The molecule has 67 heavy (non-hydrogen) atoms. The quantitative estimate of drug-likeness (QED) is 0.0472. The Morgan fingerprint density at radius 2 is 1.52 bits per heavy atom. The molecule has 9 N–H and O–H groups in total. The van der Waals surface area contributed by atoms with E-state index in [0.29, 0.717) is 30.5 Å². The molecule has 1 aromatic heterocycles. The number of pyridine rings is 1. The molecule has 2 heterocycles. The number of amides is 5. The van der Waals surface area contributed by atoms with Crippen molar-refractivity contribution in [3.63, 3.8) is 0 Å². The number of hydrogen-bond donors (Lipinski definition) is 8. The first kappa shape index (κ1) is 51.2. The van der Waals surface area contributed by atoms with Gasteiger partial charge in [-0.3, -0.25) is 29.0 Å². The van der Waals surface area contributed by atoms with E-state index in [1.807, 2.05) is 12.1 Å². The van der Waals surface area contributed by atoms with Crippen LogP contribution in [-0.2, 0) is 36.8 Å². The molecule has 4 bridgehead atoms. The highest BCUT2D eigenvalue weighted by Gasteiger charge is 2.36. The van der Waals surface area contributed by atoms with Crippen LogP contribution in [0.3, 0.4) is 0 Å². The minimum Gasteiger partial charge on any atom is -0.507 e. The molecule has 16 nitrogen and oxygen atoms in total. The van der Waals surface area contributed by atoms with Crippen molar-refractivity contribution < 1.29 is 44.1 Å². The third-order valence-electron chi connectivity index (χ3n) is 12.0. The molecular formula is C51H65N7O9. The summed E-state index contributed by atoms with van der Waals surface area (Å²) in [7, 11) is 1.36. The van der Waals surface area contributed by atoms with Crippen molar-refractivity contribution in [3.05, 3.63) is 101 Å². The topological polar surface area (TPSA) is 253 Å². The molecule has 0 spiro atoms. The highest BCUT2D eigenvalue weighted by Crippen LogP contribution is 2.39. The zero-order valence-electron chi connectivity index (χ0n) is 38.7. The van der Waals surface area contributed by atoms with Crippen LogP contribution >= 0.6 is 0 Å². The highest BCUT2D eigenvalue weighted by molar-refractivity contribution is 5.96. The first-order valence-electron chi connectivity index (χ1n) is 23.3. The van der Waals surface area contributed by atoms with Gasteiger partial charge in [0.25, 0.3) is 5.91 Å². The molecule has 1 aliphatic heterocycles. The molecule has 4 atom stereocenters. The van der Waals surface area contributed by atoms with Crippen molar-refractivity contribution in [2.45, 2.75) is 121 Å². The number of nitrogens with two attached hydrogens (primary N) is 1. The number of carboxylic acid groups (broad SMARTS) is 1. The van der Waals surface area contributed by atoms with Crippen molar-refractivity contribution in [2.75, 3.05) is 20.1 Å². The monoisotopic (exact) mass is 919 g/mol. The largest absolute Gasteiger partial charge is 0.507 e. The Kier molecular flexibility index (Phi) is 19.2. The Hall–Kier alpha value is -6.81. The van der Waals surface area contributed by atoms with E-state index in [0.717, 1.165) is 29.0 Å². The van der Waals surface area contributed by atoms with Crippen LogP contribution in [0, 0.1) is 0 Å². The van der Waals surface area contributed by atoms with Crippen LogP contribution in [0.25, 0.3) is 22.4 Å². The molecular weight excluding hydrogens is 855 g/mol. The number of aromatic nitrogens is 1. The predicted molar refractivity (Wildman–Crippen MR) is 255 cm³/mol. The third-order valence-corrected chi connectivity index (χ3v) is 12.0. The van der Waals surface area contributed by atoms with Crippen molar-refractivity contribution in [2.24, 2.45) is 5.73 Å². The number of nitrogens with zero attached hydrogens (tertiary/aromatic N) is 2. The first-order chi connectivity index (χ1) is 32.2. The summed E-state index contributed by atoms with van der Waals surface area (Å²) in [5, 5.41) is 42.3. The number of fused-ring (bicyclic) bond motifs is 5. The van der Waals surface area contributed by atoms with Crippen LogP contribution in [0.15, 0.2) is 79.0 Å². The minimum absolute atomic E-state index is 0.0514. The van der Waals surface area contributed by atoms with Gasteiger partial charge in [0.1, 0.15) is 35.7 Å². The summed E-state index contributed by atoms with van der Waals surface area (Å²) in [4.78, 5) is 86.1. The van der Waals surface area contributed by atoms with Crippen molar-refractivity contribution >= 4 is 35.5 Å². The Bertz CT molecular complexity index is 2340. The van der Waals surface area contributed by atoms with Gasteiger partial charge in [0, 0.05) is 49.3 Å². The summed E-state index contributed by atoms with van der Waals surface area (Å²) < 4.78 is 0. The molecule has 5 rings (SSSR count). The fourth-order valence-corrected chi connectivity index (χ4v) is 8.12. The zero-order valence-corrected chi connectivity index (χ0v) is 38.7. The van der Waals surface area contributed by atoms with Gasteiger partial charge in [0.05, 0.1) is 11.3 Å². The second-order valence-electron chi connectivity index (χ2n) is 17.2. The van der Waals surface area contributed by atoms with Gasteiger partial charge in [-0.2, -0.15) is 0 Å². The average Bonchev–Trinajstić information content (AvgIpc) is 3.31. The lowest BCUT2D eigenvalue weighted by molar-refractivity contribution is -0.144. The van der Waals surface area contributed by atoms with E-state index in [4.69, 9.17) is 5.73 Å². The molecule has 358 valence electrons. The molecule has 0 fully saturated rings. The summed E-state index contributed by atoms with van der Waals surface area (Å²) in [6.07, 6.45) is 12.2. The standard InChI is InChI=1S/C51H65N7O9/c1-4-5-6-7-8-9-10-13-33-15-18-35(19-16-33)40-22-20-37(31-54-40)48(63)53-27-25-45(61)56-41(14-11-12-26-52)50(65)58(3)46-36-21-24-44(60)39(30-36)38-28-34(17-23-43(38)59)29-42(51(66)67)57-47(62)32(2)55-49(46)64/h15-24,28,30-32,41-42,46,59-60H,4-14,25-27,29,52H2,1-3H3,(H,53,63)(H,55,64)(H,56,61)(H,57,62)(H,66,67)/t32-,41-,42-,46-/m0/s1. The van der Waals surface area contributed by atoms with E-state index in [-0.39, 0.29) is 54.0 Å². The number of phenols is 2. The number of nitrogens with one attached hydrogen (secondary N) is 4. The van der Waals surface area contributed by atoms with E-state index in [1.165, 1.54) is 101 Å². The molecule has 1 aliphatic rings. The fourth-order valence-electron chi connectivity index (χ4n) is 8.12. The van der Waals surface area contributed by atoms with Gasteiger partial charge in [0.15, 0.2) is 0 Å². The number of likely N-dealkylation sites (N-methyl/N-ethyl adjacent to an activating group) is 1. The van der Waals surface area contributed by atoms with Crippen molar-refractivity contribution in [3.8, 4) is 33.9 Å². The van der Waals surface area contributed by atoms with Crippen LogP contribution < -0.4 is 27.0 Å². The lowest BCUT2D eigenvalue weighted by Crippen LogP contribution is -2.54. The smallest absolute Gasteiger partial charge is 0.326 e. The van der Waals surface area contributed by atoms with E-state index in [9.17, 15) is 44.1 Å². The average molecular weight is 920 g/mol. The number of aryl methyl sites for hydroxylation is 1. The minimum atomic E-state index is -1.45. The molecule has 4 aromatic rings. The van der Waals surface area contributed by atoms with E-state index in [1.54, 1.807) is 12.1 Å². The number of rotatable bonds is 21. The Balaban J connectivity index is 1.25. The number of aliphatic carboxylic acids is 1. The SMILES string of the molecule is CCCCCCCCCc1ccc(-c2ccc(C(=O)NCCC(=O)N[C@@H](CCCCN)C(=O)N(C)[C@@H]3C(=O)N[C@@H](C)C(=O)N[C@H](C(=O)O)Cc4ccc(O)c(c4)-c4cc3ccc4O)cn2)cc1. The van der Waals surface area contributed by atoms with E-state index < -0.39 is 59.7 Å². The number of hydrogen-bond acceptors (Lipinski definition) is 10. The Morgan fingerprint density at radius 3 is 2.19 bits per heavy atom. The highest BCUT2D eigenvalue weighted by atomic mass is 16.4. The maximum Gasteiger partial charge on any atom is 0.326 e. The predicted octanol–water partition coefficient (Wildman–Crippen LogP) is 5.68. The molecule has 0 saturated carbocycles. The molecule has 3 aromatic carbocycles. The summed E-state index contributed by atoms with van der Waals surface area (Å²) >= 11 is 0. The number of carbonyl (C=O) groups is 6. The Labute approximate surface area is 392 Å². The van der Waals surface area contributed by atoms with Crippen LogP contribution in [-0.4, -0.2) is 99.0 Å². The number of carboxylic acids is 1. The number of aromatic hydroxyl groups is 2. The lowest BCUT2D eigenvalue weighted by Gasteiger charge is -2.32. The molecule has 0 radical (unpaired) electrons. The molecule has 5 amide bonds. The summed E-state index contributed by atoms with van der Waals surface area (Å²) in [6.45, 7) is 3.87. The fraction of sp³-hybridized carbons (Fsp3) is 0.431. The maximum absolute atomic E-state index is 14.4. The van der Waals surface area contributed by atoms with Crippen LogP contribution in [0.5, 0.6) is 11.5 Å². The first-order valence-corrected chi connectivity index (χ1v) is 23.3.